The number of nitrogens with zero attached hydrogens (tertiary/aromatic N) is 1. The van der Waals surface area contributed by atoms with Gasteiger partial charge in [0.05, 0.1) is 19.6 Å². The second-order valence-corrected chi connectivity index (χ2v) is 7.27. The quantitative estimate of drug-likeness (QED) is 0.730. The summed E-state index contributed by atoms with van der Waals surface area (Å²) < 4.78 is 5.35. The molecule has 6 nitrogen and oxygen atoms in total. The van der Waals surface area contributed by atoms with E-state index >= 15 is 0 Å². The van der Waals surface area contributed by atoms with E-state index in [9.17, 15) is 9.59 Å². The van der Waals surface area contributed by atoms with Gasteiger partial charge in [-0.25, -0.2) is 0 Å². The first-order valence-corrected chi connectivity index (χ1v) is 9.39. The van der Waals surface area contributed by atoms with Gasteiger partial charge in [-0.3, -0.25) is 14.5 Å². The third-order valence-corrected chi connectivity index (χ3v) is 4.50. The standard InChI is InChI=1S/C20H31N3O3/c1-15(2)19(22-18(24)13-17-7-5-4-6-8-17)20(25)21-16(3)14-23-9-11-26-12-10-23/h4-8,15-16,19H,9-14H2,1-3H3,(H,21,25)(H,22,24). The molecule has 26 heavy (non-hydrogen) atoms. The summed E-state index contributed by atoms with van der Waals surface area (Å²) in [5.41, 5.74) is 0.939. The third-order valence-electron chi connectivity index (χ3n) is 4.50. The summed E-state index contributed by atoms with van der Waals surface area (Å²) in [4.78, 5) is 27.3. The highest BCUT2D eigenvalue weighted by Crippen LogP contribution is 2.06. The topological polar surface area (TPSA) is 70.7 Å². The molecule has 1 saturated heterocycles. The number of benzene rings is 1. The van der Waals surface area contributed by atoms with Crippen molar-refractivity contribution >= 4 is 11.8 Å². The van der Waals surface area contributed by atoms with Crippen LogP contribution < -0.4 is 10.6 Å². The van der Waals surface area contributed by atoms with Crippen molar-refractivity contribution in [1.82, 2.24) is 15.5 Å². The first kappa shape index (κ1) is 20.4. The van der Waals surface area contributed by atoms with Crippen LogP contribution in [0.3, 0.4) is 0 Å². The lowest BCUT2D eigenvalue weighted by Gasteiger charge is -2.30. The molecule has 0 radical (unpaired) electrons. The Labute approximate surface area is 156 Å². The van der Waals surface area contributed by atoms with Crippen LogP contribution in [0.15, 0.2) is 30.3 Å². The van der Waals surface area contributed by atoms with E-state index in [1.54, 1.807) is 0 Å². The largest absolute Gasteiger partial charge is 0.379 e. The SMILES string of the molecule is CC(CN1CCOCC1)NC(=O)C(NC(=O)Cc1ccccc1)C(C)C. The zero-order chi connectivity index (χ0) is 18.9. The van der Waals surface area contributed by atoms with Crippen LogP contribution >= 0.6 is 0 Å². The van der Waals surface area contributed by atoms with E-state index in [-0.39, 0.29) is 30.2 Å². The maximum atomic E-state index is 12.7. The van der Waals surface area contributed by atoms with Crippen molar-refractivity contribution in [3.05, 3.63) is 35.9 Å². The highest BCUT2D eigenvalue weighted by Gasteiger charge is 2.26. The second-order valence-electron chi connectivity index (χ2n) is 7.27. The number of hydrogen-bond acceptors (Lipinski definition) is 4. The van der Waals surface area contributed by atoms with Gasteiger partial charge >= 0.3 is 0 Å². The minimum absolute atomic E-state index is 0.0188. The third kappa shape index (κ3) is 6.77. The predicted molar refractivity (Wildman–Crippen MR) is 102 cm³/mol. The molecule has 1 heterocycles. The van der Waals surface area contributed by atoms with Crippen LogP contribution in [0.4, 0.5) is 0 Å². The van der Waals surface area contributed by atoms with Crippen LogP contribution in [0.2, 0.25) is 0 Å². The molecule has 0 saturated carbocycles. The number of hydrogen-bond donors (Lipinski definition) is 2. The summed E-state index contributed by atoms with van der Waals surface area (Å²) in [6.07, 6.45) is 0.278. The average Bonchev–Trinajstić information content (AvgIpc) is 2.61. The minimum Gasteiger partial charge on any atom is -0.379 e. The van der Waals surface area contributed by atoms with Gasteiger partial charge in [0.2, 0.25) is 11.8 Å². The second kappa shape index (κ2) is 10.3. The number of nitrogens with one attached hydrogen (secondary N) is 2. The molecule has 1 fully saturated rings. The first-order valence-electron chi connectivity index (χ1n) is 9.39. The van der Waals surface area contributed by atoms with Gasteiger partial charge in [-0.1, -0.05) is 44.2 Å². The normalized spacial score (nSPS) is 17.5. The number of rotatable bonds is 8. The van der Waals surface area contributed by atoms with Crippen LogP contribution in [-0.4, -0.2) is 61.6 Å². The fourth-order valence-corrected chi connectivity index (χ4v) is 3.09. The van der Waals surface area contributed by atoms with Crippen LogP contribution in [0, 0.1) is 5.92 Å². The zero-order valence-electron chi connectivity index (χ0n) is 16.0. The lowest BCUT2D eigenvalue weighted by molar-refractivity contribution is -0.130. The number of amides is 2. The van der Waals surface area contributed by atoms with Crippen LogP contribution in [0.1, 0.15) is 26.3 Å². The molecule has 144 valence electrons. The van der Waals surface area contributed by atoms with Crippen molar-refractivity contribution in [3.63, 3.8) is 0 Å². The van der Waals surface area contributed by atoms with Gasteiger partial charge in [-0.2, -0.15) is 0 Å². The van der Waals surface area contributed by atoms with Crippen LogP contribution in [-0.2, 0) is 20.7 Å². The molecule has 1 aromatic carbocycles. The molecule has 1 aliphatic heterocycles. The summed E-state index contributed by atoms with van der Waals surface area (Å²) in [5, 5.41) is 5.93. The van der Waals surface area contributed by atoms with E-state index in [1.165, 1.54) is 0 Å². The first-order chi connectivity index (χ1) is 12.5. The molecule has 1 aromatic rings. The van der Waals surface area contributed by atoms with Crippen molar-refractivity contribution in [2.75, 3.05) is 32.8 Å². The average molecular weight is 361 g/mol. The molecule has 2 unspecified atom stereocenters. The lowest BCUT2D eigenvalue weighted by atomic mass is 10.0. The van der Waals surface area contributed by atoms with Crippen molar-refractivity contribution in [3.8, 4) is 0 Å². The molecule has 0 bridgehead atoms. The van der Waals surface area contributed by atoms with E-state index in [1.807, 2.05) is 51.1 Å². The fraction of sp³-hybridized carbons (Fsp3) is 0.600. The molecular formula is C20H31N3O3. The van der Waals surface area contributed by atoms with Crippen LogP contribution in [0.25, 0.3) is 0 Å². The molecule has 6 heteroatoms. The zero-order valence-corrected chi connectivity index (χ0v) is 16.0. The van der Waals surface area contributed by atoms with Crippen molar-refractivity contribution in [2.45, 2.75) is 39.3 Å². The Morgan fingerprint density at radius 3 is 2.35 bits per heavy atom. The summed E-state index contributed by atoms with van der Waals surface area (Å²) in [6, 6.07) is 9.04. The van der Waals surface area contributed by atoms with Gasteiger partial charge in [-0.15, -0.1) is 0 Å². The summed E-state index contributed by atoms with van der Waals surface area (Å²) >= 11 is 0. The molecule has 0 spiro atoms. The van der Waals surface area contributed by atoms with E-state index in [4.69, 9.17) is 4.74 Å². The molecule has 0 aromatic heterocycles. The summed E-state index contributed by atoms with van der Waals surface area (Å²) in [6.45, 7) is 9.94. The smallest absolute Gasteiger partial charge is 0.243 e. The van der Waals surface area contributed by atoms with E-state index < -0.39 is 6.04 Å². The maximum Gasteiger partial charge on any atom is 0.243 e. The molecule has 2 N–H and O–H groups in total. The number of carbonyl (C=O) groups excluding carboxylic acids is 2. The minimum atomic E-state index is -0.529. The highest BCUT2D eigenvalue weighted by atomic mass is 16.5. The van der Waals surface area contributed by atoms with Crippen LogP contribution in [0.5, 0.6) is 0 Å². The highest BCUT2D eigenvalue weighted by molar-refractivity contribution is 5.88. The number of carbonyl (C=O) groups is 2. The van der Waals surface area contributed by atoms with Gasteiger partial charge in [0.25, 0.3) is 0 Å². The van der Waals surface area contributed by atoms with Crippen molar-refractivity contribution in [1.29, 1.82) is 0 Å². The Kier molecular flexibility index (Phi) is 8.06. The fourth-order valence-electron chi connectivity index (χ4n) is 3.09. The molecule has 2 amide bonds. The van der Waals surface area contributed by atoms with E-state index in [0.29, 0.717) is 0 Å². The van der Waals surface area contributed by atoms with Gasteiger partial charge in [0.15, 0.2) is 0 Å². The molecule has 1 aliphatic rings. The maximum absolute atomic E-state index is 12.7. The Balaban J connectivity index is 1.84. The summed E-state index contributed by atoms with van der Waals surface area (Å²) in [5.74, 6) is -0.238. The summed E-state index contributed by atoms with van der Waals surface area (Å²) in [7, 11) is 0. The molecular weight excluding hydrogens is 330 g/mol. The van der Waals surface area contributed by atoms with Gasteiger partial charge in [0, 0.05) is 25.7 Å². The Morgan fingerprint density at radius 2 is 1.73 bits per heavy atom. The van der Waals surface area contributed by atoms with Gasteiger partial charge in [0.1, 0.15) is 6.04 Å². The van der Waals surface area contributed by atoms with E-state index in [0.717, 1.165) is 38.4 Å². The number of morpholine rings is 1. The Hall–Kier alpha value is -1.92. The molecule has 0 aliphatic carbocycles. The predicted octanol–water partition coefficient (Wildman–Crippen LogP) is 1.21. The lowest BCUT2D eigenvalue weighted by Crippen LogP contribution is -2.54. The van der Waals surface area contributed by atoms with Crippen molar-refractivity contribution < 1.29 is 14.3 Å². The Morgan fingerprint density at radius 1 is 1.08 bits per heavy atom. The number of ether oxygens (including phenoxy) is 1. The van der Waals surface area contributed by atoms with Gasteiger partial charge in [-0.05, 0) is 18.4 Å². The van der Waals surface area contributed by atoms with Crippen molar-refractivity contribution in [2.24, 2.45) is 5.92 Å². The Bertz CT molecular complexity index is 571. The monoisotopic (exact) mass is 361 g/mol. The van der Waals surface area contributed by atoms with Gasteiger partial charge < -0.3 is 15.4 Å². The van der Waals surface area contributed by atoms with E-state index in [2.05, 4.69) is 15.5 Å². The molecule has 2 rings (SSSR count). The molecule has 2 atom stereocenters.